The highest BCUT2D eigenvalue weighted by Crippen LogP contribution is 2.21. The first-order valence-electron chi connectivity index (χ1n) is 2.64. The fourth-order valence-electron chi connectivity index (χ4n) is 0.908. The van der Waals surface area contributed by atoms with Gasteiger partial charge in [-0.25, -0.2) is 0 Å². The molecule has 0 radical (unpaired) electrons. The fourth-order valence-corrected chi connectivity index (χ4v) is 0.908. The summed E-state index contributed by atoms with van der Waals surface area (Å²) in [4.78, 5) is 0. The van der Waals surface area contributed by atoms with Crippen molar-refractivity contribution in [1.29, 1.82) is 0 Å². The molecule has 1 N–H and O–H groups in total. The molecule has 0 aliphatic heterocycles. The van der Waals surface area contributed by atoms with Crippen molar-refractivity contribution < 1.29 is 5.11 Å². The lowest BCUT2D eigenvalue weighted by molar-refractivity contribution is 0.186. The molecule has 1 rings (SSSR count). The minimum Gasteiger partial charge on any atom is -0.393 e. The molecule has 1 atom stereocenters. The molecule has 1 saturated carbocycles. The van der Waals surface area contributed by atoms with Crippen LogP contribution in [0.1, 0.15) is 19.3 Å². The third kappa shape index (κ3) is 1.03. The van der Waals surface area contributed by atoms with E-state index < -0.39 is 0 Å². The number of rotatable bonds is 0. The van der Waals surface area contributed by atoms with E-state index in [1.165, 1.54) is 5.57 Å². The minimum atomic E-state index is -0.0764. The molecular formula is C6H10O. The summed E-state index contributed by atoms with van der Waals surface area (Å²) in [5, 5.41) is 8.84. The summed E-state index contributed by atoms with van der Waals surface area (Å²) in [6.07, 6.45) is 2.72. The summed E-state index contributed by atoms with van der Waals surface area (Å²) in [5.41, 5.74) is 1.20. The summed E-state index contributed by atoms with van der Waals surface area (Å²) < 4.78 is 0. The van der Waals surface area contributed by atoms with Gasteiger partial charge in [-0.15, -0.1) is 0 Å². The quantitative estimate of drug-likeness (QED) is 0.449. The second-order valence-corrected chi connectivity index (χ2v) is 2.15. The zero-order valence-electron chi connectivity index (χ0n) is 4.35. The SMILES string of the molecule is C=C1CCC(O)C1. The first kappa shape index (κ1) is 4.85. The van der Waals surface area contributed by atoms with E-state index in [1.807, 2.05) is 0 Å². The zero-order chi connectivity index (χ0) is 5.28. The van der Waals surface area contributed by atoms with Crippen LogP contribution in [-0.4, -0.2) is 11.2 Å². The Hall–Kier alpha value is -0.300. The smallest absolute Gasteiger partial charge is 0.0580 e. The molecule has 0 aromatic carbocycles. The van der Waals surface area contributed by atoms with Crippen LogP contribution in [0, 0.1) is 0 Å². The van der Waals surface area contributed by atoms with Crippen LogP contribution >= 0.6 is 0 Å². The third-order valence-electron chi connectivity index (χ3n) is 1.36. The van der Waals surface area contributed by atoms with Crippen molar-refractivity contribution in [2.24, 2.45) is 0 Å². The van der Waals surface area contributed by atoms with E-state index in [9.17, 15) is 0 Å². The molecule has 1 heteroatoms. The van der Waals surface area contributed by atoms with Crippen LogP contribution in [0.5, 0.6) is 0 Å². The van der Waals surface area contributed by atoms with Gasteiger partial charge < -0.3 is 5.11 Å². The molecule has 0 bridgehead atoms. The van der Waals surface area contributed by atoms with Crippen LogP contribution in [0.15, 0.2) is 12.2 Å². The van der Waals surface area contributed by atoms with Gasteiger partial charge in [-0.05, 0) is 19.3 Å². The van der Waals surface area contributed by atoms with Crippen molar-refractivity contribution in [3.8, 4) is 0 Å². The van der Waals surface area contributed by atoms with Gasteiger partial charge in [0.2, 0.25) is 0 Å². The minimum absolute atomic E-state index is 0.0764. The van der Waals surface area contributed by atoms with E-state index >= 15 is 0 Å². The Morgan fingerprint density at radius 2 is 2.43 bits per heavy atom. The molecule has 40 valence electrons. The topological polar surface area (TPSA) is 20.2 Å². The van der Waals surface area contributed by atoms with Gasteiger partial charge >= 0.3 is 0 Å². The van der Waals surface area contributed by atoms with E-state index in [0.717, 1.165) is 19.3 Å². The Labute approximate surface area is 43.7 Å². The lowest BCUT2D eigenvalue weighted by Crippen LogP contribution is -1.95. The van der Waals surface area contributed by atoms with Gasteiger partial charge in [0, 0.05) is 0 Å². The van der Waals surface area contributed by atoms with E-state index in [0.29, 0.717) is 0 Å². The first-order chi connectivity index (χ1) is 3.29. The normalized spacial score (nSPS) is 31.6. The molecule has 1 nitrogen and oxygen atoms in total. The van der Waals surface area contributed by atoms with Crippen LogP contribution in [0.4, 0.5) is 0 Å². The van der Waals surface area contributed by atoms with Crippen molar-refractivity contribution >= 4 is 0 Å². The van der Waals surface area contributed by atoms with Crippen molar-refractivity contribution in [1.82, 2.24) is 0 Å². The van der Waals surface area contributed by atoms with Gasteiger partial charge in [-0.3, -0.25) is 0 Å². The maximum Gasteiger partial charge on any atom is 0.0580 e. The molecule has 0 amide bonds. The summed E-state index contributed by atoms with van der Waals surface area (Å²) in [5.74, 6) is 0. The highest BCUT2D eigenvalue weighted by Gasteiger charge is 2.13. The Morgan fingerprint density at radius 1 is 1.71 bits per heavy atom. The Morgan fingerprint density at radius 3 is 2.57 bits per heavy atom. The summed E-state index contributed by atoms with van der Waals surface area (Å²) in [6, 6.07) is 0. The van der Waals surface area contributed by atoms with Crippen molar-refractivity contribution in [2.75, 3.05) is 0 Å². The zero-order valence-corrected chi connectivity index (χ0v) is 4.35. The molecule has 1 aliphatic carbocycles. The second-order valence-electron chi connectivity index (χ2n) is 2.15. The predicted octanol–water partition coefficient (Wildman–Crippen LogP) is 1.09. The van der Waals surface area contributed by atoms with Gasteiger partial charge in [0.25, 0.3) is 0 Å². The molecule has 0 saturated heterocycles. The maximum atomic E-state index is 8.84. The summed E-state index contributed by atoms with van der Waals surface area (Å²) >= 11 is 0. The largest absolute Gasteiger partial charge is 0.393 e. The molecule has 0 heterocycles. The van der Waals surface area contributed by atoms with E-state index in [1.54, 1.807) is 0 Å². The summed E-state index contributed by atoms with van der Waals surface area (Å²) in [6.45, 7) is 3.74. The molecular weight excluding hydrogens is 88.1 g/mol. The lowest BCUT2D eigenvalue weighted by atomic mass is 10.3. The highest BCUT2D eigenvalue weighted by molar-refractivity contribution is 5.02. The van der Waals surface area contributed by atoms with Crippen LogP contribution in [0.2, 0.25) is 0 Å². The first-order valence-corrected chi connectivity index (χ1v) is 2.64. The summed E-state index contributed by atoms with van der Waals surface area (Å²) in [7, 11) is 0. The standard InChI is InChI=1S/C6H10O/c1-5-2-3-6(7)4-5/h6-7H,1-4H2. The van der Waals surface area contributed by atoms with Gasteiger partial charge in [0.1, 0.15) is 0 Å². The van der Waals surface area contributed by atoms with Gasteiger partial charge in [0.15, 0.2) is 0 Å². The molecule has 1 aliphatic rings. The second kappa shape index (κ2) is 1.66. The van der Waals surface area contributed by atoms with Gasteiger partial charge in [-0.2, -0.15) is 0 Å². The van der Waals surface area contributed by atoms with E-state index in [-0.39, 0.29) is 6.10 Å². The molecule has 1 unspecified atom stereocenters. The molecule has 1 fully saturated rings. The number of aliphatic hydroxyl groups is 1. The number of hydrogen-bond donors (Lipinski definition) is 1. The fraction of sp³-hybridized carbons (Fsp3) is 0.667. The third-order valence-corrected chi connectivity index (χ3v) is 1.36. The van der Waals surface area contributed by atoms with Crippen molar-refractivity contribution in [2.45, 2.75) is 25.4 Å². The number of hydrogen-bond acceptors (Lipinski definition) is 1. The Balaban J connectivity index is 2.40. The molecule has 0 aromatic rings. The van der Waals surface area contributed by atoms with Crippen molar-refractivity contribution in [3.63, 3.8) is 0 Å². The Bertz CT molecular complexity index is 86.2. The average Bonchev–Trinajstić information content (AvgIpc) is 1.87. The maximum absolute atomic E-state index is 8.84. The van der Waals surface area contributed by atoms with Gasteiger partial charge in [0.05, 0.1) is 6.10 Å². The molecule has 0 aromatic heterocycles. The van der Waals surface area contributed by atoms with Crippen LogP contribution < -0.4 is 0 Å². The lowest BCUT2D eigenvalue weighted by Gasteiger charge is -1.91. The van der Waals surface area contributed by atoms with E-state index in [4.69, 9.17) is 5.11 Å². The van der Waals surface area contributed by atoms with Gasteiger partial charge in [-0.1, -0.05) is 12.2 Å². The molecule has 0 spiro atoms. The Kier molecular flexibility index (Phi) is 1.15. The van der Waals surface area contributed by atoms with E-state index in [2.05, 4.69) is 6.58 Å². The number of aliphatic hydroxyl groups excluding tert-OH is 1. The molecule has 7 heavy (non-hydrogen) atoms. The van der Waals surface area contributed by atoms with Crippen molar-refractivity contribution in [3.05, 3.63) is 12.2 Å². The predicted molar refractivity (Wildman–Crippen MR) is 29.0 cm³/mol. The van der Waals surface area contributed by atoms with Crippen LogP contribution in [-0.2, 0) is 0 Å². The monoisotopic (exact) mass is 98.1 g/mol. The van der Waals surface area contributed by atoms with Crippen LogP contribution in [0.25, 0.3) is 0 Å². The average molecular weight is 98.1 g/mol. The van der Waals surface area contributed by atoms with Crippen LogP contribution in [0.3, 0.4) is 0 Å². The highest BCUT2D eigenvalue weighted by atomic mass is 16.3.